The molecule has 1 fully saturated rings. The first-order valence-corrected chi connectivity index (χ1v) is 10.3. The van der Waals surface area contributed by atoms with Crippen LogP contribution in [0.4, 0.5) is 0 Å². The fraction of sp³-hybridized carbons (Fsp3) is 0.562. The van der Waals surface area contributed by atoms with E-state index in [9.17, 15) is 13.2 Å². The maximum absolute atomic E-state index is 12.5. The van der Waals surface area contributed by atoms with E-state index in [0.717, 1.165) is 25.9 Å². The number of benzene rings is 1. The summed E-state index contributed by atoms with van der Waals surface area (Å²) in [5.41, 5.74) is 0. The van der Waals surface area contributed by atoms with Crippen LogP contribution in [-0.2, 0) is 14.6 Å². The second kappa shape index (κ2) is 8.52. The number of amides is 1. The Labute approximate surface area is 153 Å². The monoisotopic (exact) mass is 392 g/mol. The lowest BCUT2D eigenvalue weighted by Crippen LogP contribution is -2.40. The molecule has 0 unspecified atom stereocenters. The van der Waals surface area contributed by atoms with Gasteiger partial charge in [0.15, 0.2) is 9.84 Å². The Hall–Kier alpha value is -0.820. The molecular formula is C16H22Cl2N2O3S. The molecule has 24 heavy (non-hydrogen) atoms. The van der Waals surface area contributed by atoms with Crippen molar-refractivity contribution >= 4 is 38.9 Å². The van der Waals surface area contributed by atoms with Crippen molar-refractivity contribution in [3.05, 3.63) is 28.2 Å². The standard InChI is InChI=1S/C16H22Cl2N2O3S/c1-12(21)19-11-13-4-6-20(7-5-13)8-9-24(22,23)16-10-14(17)2-3-15(16)18/h2-3,10,13H,4-9,11H2,1H3,(H,19,21). The van der Waals surface area contributed by atoms with E-state index < -0.39 is 9.84 Å². The molecule has 1 amide bonds. The lowest BCUT2D eigenvalue weighted by molar-refractivity contribution is -0.119. The van der Waals surface area contributed by atoms with Gasteiger partial charge in [-0.3, -0.25) is 4.79 Å². The Morgan fingerprint density at radius 2 is 1.96 bits per heavy atom. The van der Waals surface area contributed by atoms with Gasteiger partial charge in [0.2, 0.25) is 5.91 Å². The summed E-state index contributed by atoms with van der Waals surface area (Å²) in [6, 6.07) is 4.48. The highest BCUT2D eigenvalue weighted by molar-refractivity contribution is 7.91. The average Bonchev–Trinajstić information content (AvgIpc) is 2.54. The lowest BCUT2D eigenvalue weighted by atomic mass is 9.97. The van der Waals surface area contributed by atoms with E-state index in [0.29, 0.717) is 24.0 Å². The molecule has 0 atom stereocenters. The smallest absolute Gasteiger partial charge is 0.216 e. The van der Waals surface area contributed by atoms with Crippen molar-refractivity contribution in [3.63, 3.8) is 0 Å². The number of nitrogens with one attached hydrogen (secondary N) is 1. The van der Waals surface area contributed by atoms with E-state index in [1.54, 1.807) is 6.07 Å². The Morgan fingerprint density at radius 3 is 2.58 bits per heavy atom. The van der Waals surface area contributed by atoms with Crippen molar-refractivity contribution < 1.29 is 13.2 Å². The highest BCUT2D eigenvalue weighted by Crippen LogP contribution is 2.26. The van der Waals surface area contributed by atoms with Crippen LogP contribution in [0, 0.1) is 5.92 Å². The van der Waals surface area contributed by atoms with Gasteiger partial charge in [-0.05, 0) is 50.0 Å². The summed E-state index contributed by atoms with van der Waals surface area (Å²) in [5.74, 6) is 0.467. The van der Waals surface area contributed by atoms with Crippen LogP contribution >= 0.6 is 23.2 Å². The predicted octanol–water partition coefficient (Wildman–Crippen LogP) is 2.62. The molecule has 1 saturated heterocycles. The summed E-state index contributed by atoms with van der Waals surface area (Å²) in [4.78, 5) is 13.2. The molecule has 1 aromatic rings. The van der Waals surface area contributed by atoms with Gasteiger partial charge in [-0.15, -0.1) is 0 Å². The molecule has 1 heterocycles. The van der Waals surface area contributed by atoms with E-state index in [1.165, 1.54) is 19.1 Å². The van der Waals surface area contributed by atoms with Crippen LogP contribution in [-0.4, -0.2) is 51.2 Å². The second-order valence-corrected chi connectivity index (χ2v) is 9.04. The number of halogens is 2. The molecule has 1 aromatic carbocycles. The van der Waals surface area contributed by atoms with E-state index in [4.69, 9.17) is 23.2 Å². The quantitative estimate of drug-likeness (QED) is 0.807. The average molecular weight is 393 g/mol. The SMILES string of the molecule is CC(=O)NCC1CCN(CCS(=O)(=O)c2cc(Cl)ccc2Cl)CC1. The zero-order chi connectivity index (χ0) is 17.7. The summed E-state index contributed by atoms with van der Waals surface area (Å²) in [7, 11) is -3.46. The third-order valence-corrected chi connectivity index (χ3v) is 6.66. The number of nitrogens with zero attached hydrogens (tertiary/aromatic N) is 1. The third kappa shape index (κ3) is 5.62. The van der Waals surface area contributed by atoms with E-state index in [1.807, 2.05) is 0 Å². The Bertz CT molecular complexity index is 687. The lowest BCUT2D eigenvalue weighted by Gasteiger charge is -2.31. The van der Waals surface area contributed by atoms with Crippen molar-refractivity contribution in [2.45, 2.75) is 24.7 Å². The number of sulfone groups is 1. The molecule has 0 spiro atoms. The highest BCUT2D eigenvalue weighted by atomic mass is 35.5. The fourth-order valence-electron chi connectivity index (χ4n) is 2.78. The summed E-state index contributed by atoms with van der Waals surface area (Å²) in [5, 5.41) is 3.40. The van der Waals surface area contributed by atoms with Crippen molar-refractivity contribution in [2.24, 2.45) is 5.92 Å². The largest absolute Gasteiger partial charge is 0.356 e. The van der Waals surface area contributed by atoms with Gasteiger partial charge in [-0.1, -0.05) is 23.2 Å². The predicted molar refractivity (Wildman–Crippen MR) is 96.4 cm³/mol. The van der Waals surface area contributed by atoms with Crippen LogP contribution in [0.15, 0.2) is 23.1 Å². The first-order chi connectivity index (χ1) is 11.3. The summed E-state index contributed by atoms with van der Waals surface area (Å²) in [6.45, 7) is 4.35. The van der Waals surface area contributed by atoms with Crippen LogP contribution in [0.2, 0.25) is 10.0 Å². The molecule has 0 saturated carbocycles. The summed E-state index contributed by atoms with van der Waals surface area (Å²) >= 11 is 11.9. The molecule has 0 radical (unpaired) electrons. The van der Waals surface area contributed by atoms with Gasteiger partial charge in [0, 0.05) is 25.0 Å². The van der Waals surface area contributed by atoms with Gasteiger partial charge in [-0.25, -0.2) is 8.42 Å². The Balaban J connectivity index is 1.85. The molecule has 0 aliphatic carbocycles. The Kier molecular flexibility index (Phi) is 6.92. The van der Waals surface area contributed by atoms with Crippen molar-refractivity contribution in [1.29, 1.82) is 0 Å². The molecule has 1 aliphatic heterocycles. The Morgan fingerprint density at radius 1 is 1.29 bits per heavy atom. The molecule has 134 valence electrons. The van der Waals surface area contributed by atoms with Gasteiger partial charge in [0.25, 0.3) is 0 Å². The molecule has 1 aliphatic rings. The molecule has 2 rings (SSSR count). The fourth-order valence-corrected chi connectivity index (χ4v) is 4.87. The number of piperidine rings is 1. The van der Waals surface area contributed by atoms with Gasteiger partial charge in [0.1, 0.15) is 0 Å². The van der Waals surface area contributed by atoms with Crippen LogP contribution in [0.5, 0.6) is 0 Å². The summed E-state index contributed by atoms with van der Waals surface area (Å²) in [6.07, 6.45) is 1.91. The first kappa shape index (κ1) is 19.5. The third-order valence-electron chi connectivity index (χ3n) is 4.25. The van der Waals surface area contributed by atoms with Crippen molar-refractivity contribution in [3.8, 4) is 0 Å². The van der Waals surface area contributed by atoms with E-state index in [-0.39, 0.29) is 21.6 Å². The minimum Gasteiger partial charge on any atom is -0.356 e. The molecule has 0 aromatic heterocycles. The van der Waals surface area contributed by atoms with Gasteiger partial charge < -0.3 is 10.2 Å². The van der Waals surface area contributed by atoms with Gasteiger partial charge >= 0.3 is 0 Å². The zero-order valence-corrected chi connectivity index (χ0v) is 15.9. The number of rotatable bonds is 6. The number of hydrogen-bond donors (Lipinski definition) is 1. The maximum atomic E-state index is 12.5. The molecule has 1 N–H and O–H groups in total. The molecular weight excluding hydrogens is 371 g/mol. The van der Waals surface area contributed by atoms with Crippen LogP contribution in [0.25, 0.3) is 0 Å². The minimum absolute atomic E-state index is 0.0121. The first-order valence-electron chi connectivity index (χ1n) is 7.92. The number of carbonyl (C=O) groups is 1. The number of carbonyl (C=O) groups excluding carboxylic acids is 1. The van der Waals surface area contributed by atoms with E-state index in [2.05, 4.69) is 10.2 Å². The molecule has 8 heteroatoms. The maximum Gasteiger partial charge on any atom is 0.216 e. The van der Waals surface area contributed by atoms with Crippen molar-refractivity contribution in [1.82, 2.24) is 10.2 Å². The van der Waals surface area contributed by atoms with Crippen LogP contribution in [0.1, 0.15) is 19.8 Å². The number of hydrogen-bond acceptors (Lipinski definition) is 4. The molecule has 5 nitrogen and oxygen atoms in total. The van der Waals surface area contributed by atoms with Crippen molar-refractivity contribution in [2.75, 3.05) is 31.9 Å². The van der Waals surface area contributed by atoms with Gasteiger partial charge in [-0.2, -0.15) is 0 Å². The normalized spacial score (nSPS) is 17.0. The van der Waals surface area contributed by atoms with Gasteiger partial charge in [0.05, 0.1) is 15.7 Å². The molecule has 0 bridgehead atoms. The summed E-state index contributed by atoms with van der Waals surface area (Å²) < 4.78 is 24.9. The van der Waals surface area contributed by atoms with Crippen LogP contribution < -0.4 is 5.32 Å². The number of likely N-dealkylation sites (tertiary alicyclic amines) is 1. The highest BCUT2D eigenvalue weighted by Gasteiger charge is 2.23. The topological polar surface area (TPSA) is 66.5 Å². The van der Waals surface area contributed by atoms with Crippen LogP contribution in [0.3, 0.4) is 0 Å². The minimum atomic E-state index is -3.46. The van der Waals surface area contributed by atoms with E-state index >= 15 is 0 Å². The zero-order valence-electron chi connectivity index (χ0n) is 13.6. The second-order valence-electron chi connectivity index (χ2n) is 6.12.